The van der Waals surface area contributed by atoms with Crippen LogP contribution in [0, 0.1) is 6.92 Å². The predicted octanol–water partition coefficient (Wildman–Crippen LogP) is 2.35. The number of anilines is 1. The summed E-state index contributed by atoms with van der Waals surface area (Å²) in [7, 11) is 0. The Balaban J connectivity index is 1.88. The highest BCUT2D eigenvalue weighted by molar-refractivity contribution is 5.62. The maximum atomic E-state index is 4.32. The molecular weight excluding hydrogens is 200 g/mol. The van der Waals surface area contributed by atoms with Gasteiger partial charge in [0.05, 0.1) is 0 Å². The third kappa shape index (κ3) is 1.91. The number of nitrogens with one attached hydrogen (secondary N) is 2. The molecule has 2 aromatic rings. The van der Waals surface area contributed by atoms with Gasteiger partial charge in [-0.25, -0.2) is 4.98 Å². The Morgan fingerprint density at radius 3 is 2.94 bits per heavy atom. The lowest BCUT2D eigenvalue weighted by Crippen LogP contribution is -2.00. The molecule has 82 valence electrons. The van der Waals surface area contributed by atoms with Crippen LogP contribution in [0.1, 0.15) is 18.7 Å². The van der Waals surface area contributed by atoms with Crippen LogP contribution in [0.5, 0.6) is 0 Å². The first kappa shape index (κ1) is 9.39. The van der Waals surface area contributed by atoms with Crippen molar-refractivity contribution in [3.63, 3.8) is 0 Å². The van der Waals surface area contributed by atoms with E-state index in [9.17, 15) is 0 Å². The fraction of sp³-hybridized carbons (Fsp3) is 0.333. The minimum atomic E-state index is 0.670. The Morgan fingerprint density at radius 1 is 1.38 bits per heavy atom. The Kier molecular flexibility index (Phi) is 2.13. The van der Waals surface area contributed by atoms with Gasteiger partial charge < -0.3 is 5.32 Å². The number of hydrogen-bond donors (Lipinski definition) is 2. The zero-order valence-electron chi connectivity index (χ0n) is 9.20. The summed E-state index contributed by atoms with van der Waals surface area (Å²) in [5.41, 5.74) is 2.21. The summed E-state index contributed by atoms with van der Waals surface area (Å²) >= 11 is 0. The highest BCUT2D eigenvalue weighted by Gasteiger charge is 2.20. The largest absolute Gasteiger partial charge is 0.382 e. The molecule has 0 aliphatic heterocycles. The van der Waals surface area contributed by atoms with E-state index in [0.29, 0.717) is 6.04 Å². The van der Waals surface area contributed by atoms with Crippen molar-refractivity contribution in [1.82, 2.24) is 15.2 Å². The summed E-state index contributed by atoms with van der Waals surface area (Å²) in [6, 6.07) is 8.92. The molecule has 3 rings (SSSR count). The zero-order valence-corrected chi connectivity index (χ0v) is 9.20. The fourth-order valence-corrected chi connectivity index (χ4v) is 1.68. The van der Waals surface area contributed by atoms with Crippen molar-refractivity contribution in [1.29, 1.82) is 0 Å². The fourth-order valence-electron chi connectivity index (χ4n) is 1.68. The lowest BCUT2D eigenvalue weighted by molar-refractivity contribution is 1.04. The van der Waals surface area contributed by atoms with E-state index in [4.69, 9.17) is 0 Å². The molecule has 1 aliphatic carbocycles. The van der Waals surface area contributed by atoms with Crippen LogP contribution in [0.25, 0.3) is 11.4 Å². The summed E-state index contributed by atoms with van der Waals surface area (Å²) < 4.78 is 0. The van der Waals surface area contributed by atoms with Crippen molar-refractivity contribution in [3.05, 3.63) is 30.1 Å². The van der Waals surface area contributed by atoms with Gasteiger partial charge >= 0.3 is 0 Å². The van der Waals surface area contributed by atoms with Crippen LogP contribution in [-0.2, 0) is 0 Å². The number of nitrogens with zero attached hydrogens (tertiary/aromatic N) is 2. The van der Waals surface area contributed by atoms with E-state index in [1.54, 1.807) is 0 Å². The van der Waals surface area contributed by atoms with Crippen LogP contribution in [0.4, 0.5) is 5.69 Å². The van der Waals surface area contributed by atoms with Crippen molar-refractivity contribution < 1.29 is 0 Å². The summed E-state index contributed by atoms with van der Waals surface area (Å²) in [5.74, 6) is 1.60. The third-order valence-corrected chi connectivity index (χ3v) is 2.67. The molecule has 0 spiro atoms. The normalized spacial score (nSPS) is 15.1. The van der Waals surface area contributed by atoms with Gasteiger partial charge in [0.2, 0.25) is 0 Å². The van der Waals surface area contributed by atoms with E-state index in [2.05, 4.69) is 32.6 Å². The second-order valence-electron chi connectivity index (χ2n) is 4.24. The van der Waals surface area contributed by atoms with Gasteiger partial charge in [-0.3, -0.25) is 5.10 Å². The average molecular weight is 214 g/mol. The molecular formula is C12H14N4. The number of aryl methyl sites for hydroxylation is 1. The minimum Gasteiger partial charge on any atom is -0.382 e. The van der Waals surface area contributed by atoms with Gasteiger partial charge in [0.1, 0.15) is 5.82 Å². The molecule has 4 nitrogen and oxygen atoms in total. The van der Waals surface area contributed by atoms with Gasteiger partial charge in [-0.05, 0) is 31.9 Å². The SMILES string of the molecule is Cc1nc(-c2cccc(NC3CC3)c2)n[nH]1. The van der Waals surface area contributed by atoms with Crippen molar-refractivity contribution in [2.75, 3.05) is 5.32 Å². The van der Waals surface area contributed by atoms with Crippen molar-refractivity contribution in [2.45, 2.75) is 25.8 Å². The van der Waals surface area contributed by atoms with E-state index >= 15 is 0 Å². The Bertz CT molecular complexity index is 499. The van der Waals surface area contributed by atoms with E-state index < -0.39 is 0 Å². The van der Waals surface area contributed by atoms with Gasteiger partial charge in [0.15, 0.2) is 5.82 Å². The number of aromatic nitrogens is 3. The lowest BCUT2D eigenvalue weighted by atomic mass is 10.2. The number of hydrogen-bond acceptors (Lipinski definition) is 3. The summed E-state index contributed by atoms with van der Waals surface area (Å²) in [4.78, 5) is 4.32. The lowest BCUT2D eigenvalue weighted by Gasteiger charge is -2.04. The molecule has 0 atom stereocenters. The molecule has 0 saturated heterocycles. The molecule has 0 bridgehead atoms. The Labute approximate surface area is 94.1 Å². The van der Waals surface area contributed by atoms with E-state index in [1.807, 2.05) is 19.1 Å². The molecule has 1 heterocycles. The molecule has 1 fully saturated rings. The van der Waals surface area contributed by atoms with Crippen molar-refractivity contribution in [2.24, 2.45) is 0 Å². The van der Waals surface area contributed by atoms with Gasteiger partial charge in [0, 0.05) is 17.3 Å². The molecule has 1 aromatic heterocycles. The monoisotopic (exact) mass is 214 g/mol. The van der Waals surface area contributed by atoms with Gasteiger partial charge in [-0.1, -0.05) is 12.1 Å². The number of H-pyrrole nitrogens is 1. The van der Waals surface area contributed by atoms with Crippen LogP contribution in [0.15, 0.2) is 24.3 Å². The van der Waals surface area contributed by atoms with Crippen molar-refractivity contribution >= 4 is 5.69 Å². The minimum absolute atomic E-state index is 0.670. The average Bonchev–Trinajstić information content (AvgIpc) is 2.98. The van der Waals surface area contributed by atoms with Gasteiger partial charge in [-0.2, -0.15) is 5.10 Å². The van der Waals surface area contributed by atoms with Crippen molar-refractivity contribution in [3.8, 4) is 11.4 Å². The Morgan fingerprint density at radius 2 is 2.25 bits per heavy atom. The summed E-state index contributed by atoms with van der Waals surface area (Å²) in [6.45, 7) is 1.91. The van der Waals surface area contributed by atoms with E-state index in [1.165, 1.54) is 12.8 Å². The molecule has 1 aromatic carbocycles. The van der Waals surface area contributed by atoms with Crippen LogP contribution < -0.4 is 5.32 Å². The van der Waals surface area contributed by atoms with Crippen LogP contribution in [0.3, 0.4) is 0 Å². The van der Waals surface area contributed by atoms with E-state index in [-0.39, 0.29) is 0 Å². The molecule has 1 aliphatic rings. The standard InChI is InChI=1S/C12H14N4/c1-8-13-12(16-15-8)9-3-2-4-11(7-9)14-10-5-6-10/h2-4,7,10,14H,5-6H2,1H3,(H,13,15,16). The first-order valence-corrected chi connectivity index (χ1v) is 5.57. The molecule has 2 N–H and O–H groups in total. The highest BCUT2D eigenvalue weighted by Crippen LogP contribution is 2.26. The summed E-state index contributed by atoms with van der Waals surface area (Å²) in [6.07, 6.45) is 2.56. The first-order valence-electron chi connectivity index (χ1n) is 5.57. The first-order chi connectivity index (χ1) is 7.81. The number of aromatic amines is 1. The van der Waals surface area contributed by atoms with Crippen LogP contribution >= 0.6 is 0 Å². The maximum Gasteiger partial charge on any atom is 0.181 e. The molecule has 0 amide bonds. The number of rotatable bonds is 3. The molecule has 0 radical (unpaired) electrons. The molecule has 4 heteroatoms. The topological polar surface area (TPSA) is 53.6 Å². The summed E-state index contributed by atoms with van der Waals surface area (Å²) in [5, 5.41) is 10.5. The second kappa shape index (κ2) is 3.63. The van der Waals surface area contributed by atoms with E-state index in [0.717, 1.165) is 22.9 Å². The van der Waals surface area contributed by atoms with Gasteiger partial charge in [-0.15, -0.1) is 0 Å². The van der Waals surface area contributed by atoms with Crippen LogP contribution in [0.2, 0.25) is 0 Å². The van der Waals surface area contributed by atoms with Crippen LogP contribution in [-0.4, -0.2) is 21.2 Å². The number of benzene rings is 1. The second-order valence-corrected chi connectivity index (χ2v) is 4.24. The smallest absolute Gasteiger partial charge is 0.181 e. The quantitative estimate of drug-likeness (QED) is 0.824. The maximum absolute atomic E-state index is 4.32. The Hall–Kier alpha value is -1.84. The molecule has 16 heavy (non-hydrogen) atoms. The zero-order chi connectivity index (χ0) is 11.0. The van der Waals surface area contributed by atoms with Gasteiger partial charge in [0.25, 0.3) is 0 Å². The highest BCUT2D eigenvalue weighted by atomic mass is 15.2. The molecule has 1 saturated carbocycles. The third-order valence-electron chi connectivity index (χ3n) is 2.67. The predicted molar refractivity (Wildman–Crippen MR) is 63.2 cm³/mol. The molecule has 0 unspecified atom stereocenters.